The summed E-state index contributed by atoms with van der Waals surface area (Å²) in [6, 6.07) is 0. The highest BCUT2D eigenvalue weighted by Gasteiger charge is 2.58. The Hall–Kier alpha value is -1.07. The molecule has 0 saturated heterocycles. The van der Waals surface area contributed by atoms with E-state index in [0.29, 0.717) is 0 Å². The number of nitro groups is 1. The maximum absolute atomic E-state index is 10.7. The summed E-state index contributed by atoms with van der Waals surface area (Å²) < 4.78 is 69.3. The van der Waals surface area contributed by atoms with Gasteiger partial charge in [-0.1, -0.05) is 3.63 Å². The van der Waals surface area contributed by atoms with Gasteiger partial charge < -0.3 is 0 Å². The Morgan fingerprint density at radius 1 is 1.31 bits per heavy atom. The van der Waals surface area contributed by atoms with Crippen LogP contribution in [-0.4, -0.2) is 34.5 Å². The number of nitrogens with zero attached hydrogens (tertiary/aromatic N) is 2. The molecule has 0 saturated carbocycles. The van der Waals surface area contributed by atoms with Crippen LogP contribution in [0.1, 0.15) is 0 Å². The molecule has 0 rings (SSSR count). The lowest BCUT2D eigenvalue weighted by Crippen LogP contribution is -2.43. The summed E-state index contributed by atoms with van der Waals surface area (Å²) in [6.07, 6.45) is 0. The van der Waals surface area contributed by atoms with Crippen LogP contribution in [0.4, 0.5) is 0 Å². The van der Waals surface area contributed by atoms with Gasteiger partial charge in [0.15, 0.2) is 4.33 Å². The molecular weight excluding hydrogens is 300 g/mol. The lowest BCUT2D eigenvalue weighted by atomic mass is 13.4. The minimum absolute atomic E-state index is 0.932. The topological polar surface area (TPSA) is 208 Å². The van der Waals surface area contributed by atoms with Crippen molar-refractivity contribution in [3.63, 3.8) is 0 Å². The van der Waals surface area contributed by atoms with Gasteiger partial charge in [0.2, 0.25) is 0 Å². The van der Waals surface area contributed by atoms with Crippen LogP contribution in [0.3, 0.4) is 0 Å². The van der Waals surface area contributed by atoms with E-state index in [4.69, 9.17) is 9.11 Å². The summed E-state index contributed by atoms with van der Waals surface area (Å²) in [5, 5.41) is 9.91. The molecule has 0 aliphatic heterocycles. The van der Waals surface area contributed by atoms with Crippen LogP contribution in [0.2, 0.25) is 0 Å². The fourth-order valence-electron chi connectivity index (χ4n) is 0.245. The summed E-state index contributed by atoms with van der Waals surface area (Å²) >= 11 is 0. The van der Waals surface area contributed by atoms with Crippen LogP contribution in [0, 0.1) is 15.0 Å². The Morgan fingerprint density at radius 3 is 1.88 bits per heavy atom. The molecule has 0 fully saturated rings. The first-order chi connectivity index (χ1) is 6.75. The molecule has 0 atom stereocenters. The zero-order valence-corrected chi connectivity index (χ0v) is 9.14. The highest BCUT2D eigenvalue weighted by molar-refractivity contribution is 8.64. The van der Waals surface area contributed by atoms with Crippen molar-refractivity contribution in [2.75, 3.05) is 0 Å². The van der Waals surface area contributed by atoms with E-state index in [0.717, 1.165) is 4.58 Å². The van der Waals surface area contributed by atoms with Crippen LogP contribution >= 0.6 is 0 Å². The maximum atomic E-state index is 10.7. The maximum Gasteiger partial charge on any atom is 0.478 e. The first kappa shape index (κ1) is 14.9. The van der Waals surface area contributed by atoms with Crippen molar-refractivity contribution in [3.8, 4) is 0 Å². The molecule has 0 heterocycles. The standard InChI is InChI=1S/H2N2O11S3/c3-1-16(11,12,2(4)5)13-15(9,10)14(6,7)8/h(H,11,12)(H,6,7,8). The fraction of sp³-hybridized carbons (Fsp3) is 0. The molecular formula is H2N2O11S3. The van der Waals surface area contributed by atoms with Crippen molar-refractivity contribution in [3.05, 3.63) is 15.0 Å². The smallest absolute Gasteiger partial charge is 0.272 e. The van der Waals surface area contributed by atoms with E-state index in [9.17, 15) is 36.1 Å². The van der Waals surface area contributed by atoms with Gasteiger partial charge >= 0.3 is 28.3 Å². The Kier molecular flexibility index (Phi) is 3.23. The molecule has 0 aromatic carbocycles. The second-order valence-corrected chi connectivity index (χ2v) is 8.63. The fourth-order valence-corrected chi connectivity index (χ4v) is 3.55. The zero-order valence-electron chi connectivity index (χ0n) is 6.69. The average Bonchev–Trinajstić information content (AvgIpc) is 2.00. The van der Waals surface area contributed by atoms with Gasteiger partial charge in [-0.3, -0.25) is 4.55 Å². The van der Waals surface area contributed by atoms with Crippen molar-refractivity contribution in [2.45, 2.75) is 0 Å². The Morgan fingerprint density at radius 2 is 1.69 bits per heavy atom. The van der Waals surface area contributed by atoms with Gasteiger partial charge in [0.25, 0.3) is 0 Å². The summed E-state index contributed by atoms with van der Waals surface area (Å²) in [6.45, 7) is 0. The average molecular weight is 302 g/mol. The second kappa shape index (κ2) is 3.46. The highest BCUT2D eigenvalue weighted by atomic mass is 33.2. The van der Waals surface area contributed by atoms with Gasteiger partial charge in [0.1, 0.15) is 4.58 Å². The number of hydrogen-bond acceptors (Lipinski definition) is 9. The van der Waals surface area contributed by atoms with E-state index in [2.05, 4.69) is 3.63 Å². The van der Waals surface area contributed by atoms with E-state index in [1.54, 1.807) is 0 Å². The van der Waals surface area contributed by atoms with Crippen LogP contribution in [-0.2, 0) is 31.9 Å². The Labute approximate surface area is 86.5 Å². The zero-order chi connectivity index (χ0) is 13.4. The molecule has 0 bridgehead atoms. The van der Waals surface area contributed by atoms with Gasteiger partial charge in [0, 0.05) is 0 Å². The predicted octanol–water partition coefficient (Wildman–Crippen LogP) is -1.78. The number of hydrogen-bond donors (Lipinski definition) is 2. The van der Waals surface area contributed by atoms with E-state index in [1.807, 2.05) is 0 Å². The third kappa shape index (κ3) is 2.54. The third-order valence-corrected chi connectivity index (χ3v) is 5.79. The number of nitroso groups, excluding NO2 is 1. The summed E-state index contributed by atoms with van der Waals surface area (Å²) in [7, 11) is -19.7. The van der Waals surface area contributed by atoms with Gasteiger partial charge in [-0.25, -0.2) is 14.7 Å². The molecule has 0 radical (unpaired) electrons. The largest absolute Gasteiger partial charge is 0.478 e. The normalized spacial score (nSPS) is 16.0. The predicted molar refractivity (Wildman–Crippen MR) is 45.1 cm³/mol. The first-order valence-corrected chi connectivity index (χ1v) is 7.74. The molecule has 16 heteroatoms. The lowest BCUT2D eigenvalue weighted by Gasteiger charge is -2.16. The Balaban J connectivity index is 5.90. The van der Waals surface area contributed by atoms with Gasteiger partial charge in [-0.05, 0) is 0 Å². The molecule has 2 N–H and O–H groups in total. The molecule has 16 heavy (non-hydrogen) atoms. The monoisotopic (exact) mass is 302 g/mol. The number of rotatable bonds is 5. The van der Waals surface area contributed by atoms with Gasteiger partial charge in [-0.15, -0.1) is 9.12 Å². The van der Waals surface area contributed by atoms with Crippen molar-refractivity contribution in [1.29, 1.82) is 0 Å². The minimum Gasteiger partial charge on any atom is -0.272 e. The van der Waals surface area contributed by atoms with Crippen molar-refractivity contribution >= 4 is 28.3 Å². The van der Waals surface area contributed by atoms with Gasteiger partial charge in [0.05, 0.1) is 0 Å². The van der Waals surface area contributed by atoms with Crippen molar-refractivity contribution < 1.29 is 38.1 Å². The summed E-state index contributed by atoms with van der Waals surface area (Å²) in [4.78, 5) is 19.6. The van der Waals surface area contributed by atoms with E-state index in [1.165, 1.54) is 0 Å². The van der Waals surface area contributed by atoms with Crippen LogP contribution in [0.5, 0.6) is 0 Å². The second-order valence-electron chi connectivity index (χ2n) is 1.96. The van der Waals surface area contributed by atoms with E-state index >= 15 is 0 Å². The molecule has 0 spiro atoms. The van der Waals surface area contributed by atoms with E-state index in [-0.39, 0.29) is 0 Å². The van der Waals surface area contributed by atoms with Crippen molar-refractivity contribution in [2.24, 2.45) is 4.58 Å². The molecule has 0 aromatic rings. The highest BCUT2D eigenvalue weighted by Crippen LogP contribution is 2.28. The third-order valence-electron chi connectivity index (χ3n) is 0.843. The van der Waals surface area contributed by atoms with Crippen molar-refractivity contribution in [1.82, 2.24) is 0 Å². The summed E-state index contributed by atoms with van der Waals surface area (Å²) in [5.41, 5.74) is 0. The van der Waals surface area contributed by atoms with Gasteiger partial charge in [-0.2, -0.15) is 16.8 Å². The minimum atomic E-state index is -7.34. The quantitative estimate of drug-likeness (QED) is 0.190. The Bertz CT molecular complexity index is 589. The molecule has 0 aliphatic carbocycles. The van der Waals surface area contributed by atoms with Crippen LogP contribution in [0.15, 0.2) is 4.58 Å². The SMILES string of the molecule is O=NS(=O)(O)(OS(=O)(=O)S(=O)(=O)O)[N+](=O)[O-]. The summed E-state index contributed by atoms with van der Waals surface area (Å²) in [5.74, 6) is 0. The van der Waals surface area contributed by atoms with E-state index < -0.39 is 32.6 Å². The molecule has 0 unspecified atom stereocenters. The first-order valence-electron chi connectivity index (χ1n) is 2.61. The van der Waals surface area contributed by atoms with Crippen LogP contribution < -0.4 is 0 Å². The molecule has 96 valence electrons. The lowest BCUT2D eigenvalue weighted by molar-refractivity contribution is -0.335. The van der Waals surface area contributed by atoms with Crippen LogP contribution in [0.25, 0.3) is 0 Å². The molecule has 0 aromatic heterocycles. The molecule has 0 amide bonds. The molecule has 13 nitrogen and oxygen atoms in total. The molecule has 0 aliphatic rings.